The standard InChI is InChI=1S/C13H19NO2S/c1-2-16-13(15)12(11-7-6-10-17-11)14-8-4-3-5-9-14/h6-7,10,12H,2-5,8-9H2,1H3. The molecule has 0 saturated carbocycles. The number of hydrogen-bond acceptors (Lipinski definition) is 4. The summed E-state index contributed by atoms with van der Waals surface area (Å²) in [5.74, 6) is -0.100. The lowest BCUT2D eigenvalue weighted by atomic mass is 10.1. The second kappa shape index (κ2) is 6.17. The van der Waals surface area contributed by atoms with Gasteiger partial charge in [-0.1, -0.05) is 12.5 Å². The van der Waals surface area contributed by atoms with E-state index in [1.807, 2.05) is 24.4 Å². The molecule has 1 unspecified atom stereocenters. The average molecular weight is 253 g/mol. The third-order valence-electron chi connectivity index (χ3n) is 3.08. The second-order valence-electron chi connectivity index (χ2n) is 4.27. The maximum absolute atomic E-state index is 12.1. The summed E-state index contributed by atoms with van der Waals surface area (Å²) in [6.45, 7) is 4.32. The minimum atomic E-state index is -0.185. The number of hydrogen-bond donors (Lipinski definition) is 0. The van der Waals surface area contributed by atoms with Crippen LogP contribution in [-0.2, 0) is 9.53 Å². The van der Waals surface area contributed by atoms with Gasteiger partial charge in [0, 0.05) is 4.88 Å². The summed E-state index contributed by atoms with van der Waals surface area (Å²) >= 11 is 1.64. The van der Waals surface area contributed by atoms with Crippen LogP contribution in [0.1, 0.15) is 37.1 Å². The third-order valence-corrected chi connectivity index (χ3v) is 4.00. The lowest BCUT2D eigenvalue weighted by molar-refractivity contribution is -0.150. The van der Waals surface area contributed by atoms with E-state index >= 15 is 0 Å². The predicted molar refractivity (Wildman–Crippen MR) is 69.1 cm³/mol. The molecular formula is C13H19NO2S. The van der Waals surface area contributed by atoms with Gasteiger partial charge >= 0.3 is 5.97 Å². The van der Waals surface area contributed by atoms with Gasteiger partial charge in [-0.2, -0.15) is 0 Å². The Kier molecular flexibility index (Phi) is 4.57. The molecule has 0 bridgehead atoms. The number of thiophene rings is 1. The van der Waals surface area contributed by atoms with Gasteiger partial charge in [-0.25, -0.2) is 4.79 Å². The smallest absolute Gasteiger partial charge is 0.328 e. The quantitative estimate of drug-likeness (QED) is 0.773. The molecule has 1 fully saturated rings. The topological polar surface area (TPSA) is 29.5 Å². The molecule has 1 atom stereocenters. The third kappa shape index (κ3) is 3.07. The van der Waals surface area contributed by atoms with Crippen molar-refractivity contribution in [3.63, 3.8) is 0 Å². The van der Waals surface area contributed by atoms with Crippen LogP contribution in [0.4, 0.5) is 0 Å². The molecule has 2 rings (SSSR count). The van der Waals surface area contributed by atoms with Crippen molar-refractivity contribution in [2.45, 2.75) is 32.2 Å². The molecule has 3 nitrogen and oxygen atoms in total. The number of piperidine rings is 1. The number of rotatable bonds is 4. The number of likely N-dealkylation sites (tertiary alicyclic amines) is 1. The monoisotopic (exact) mass is 253 g/mol. The van der Waals surface area contributed by atoms with Gasteiger partial charge in [-0.05, 0) is 44.3 Å². The summed E-state index contributed by atoms with van der Waals surface area (Å²) in [4.78, 5) is 15.4. The Labute approximate surface area is 106 Å². The molecule has 17 heavy (non-hydrogen) atoms. The second-order valence-corrected chi connectivity index (χ2v) is 5.25. The molecule has 0 amide bonds. The van der Waals surface area contributed by atoms with Crippen molar-refractivity contribution in [1.82, 2.24) is 4.90 Å². The van der Waals surface area contributed by atoms with E-state index in [0.717, 1.165) is 18.0 Å². The van der Waals surface area contributed by atoms with Crippen molar-refractivity contribution in [2.24, 2.45) is 0 Å². The molecule has 1 aromatic rings. The Balaban J connectivity index is 2.14. The van der Waals surface area contributed by atoms with Gasteiger partial charge in [0.2, 0.25) is 0 Å². The first-order valence-electron chi connectivity index (χ1n) is 6.27. The van der Waals surface area contributed by atoms with Crippen LogP contribution in [0.3, 0.4) is 0 Å². The first-order chi connectivity index (χ1) is 8.33. The predicted octanol–water partition coefficient (Wildman–Crippen LogP) is 2.84. The fourth-order valence-electron chi connectivity index (χ4n) is 2.29. The molecule has 4 heteroatoms. The van der Waals surface area contributed by atoms with Crippen LogP contribution >= 0.6 is 11.3 Å². The van der Waals surface area contributed by atoms with Crippen LogP contribution in [0.2, 0.25) is 0 Å². The molecule has 94 valence electrons. The summed E-state index contributed by atoms with van der Waals surface area (Å²) in [7, 11) is 0. The Hall–Kier alpha value is -0.870. The molecule has 0 spiro atoms. The van der Waals surface area contributed by atoms with Crippen LogP contribution in [0.5, 0.6) is 0 Å². The van der Waals surface area contributed by atoms with Crippen molar-refractivity contribution in [2.75, 3.05) is 19.7 Å². The van der Waals surface area contributed by atoms with Gasteiger partial charge in [-0.3, -0.25) is 4.90 Å². The molecule has 1 aliphatic rings. The Bertz CT molecular complexity index is 344. The van der Waals surface area contributed by atoms with E-state index in [9.17, 15) is 4.79 Å². The molecule has 1 saturated heterocycles. The van der Waals surface area contributed by atoms with E-state index in [2.05, 4.69) is 4.90 Å². The molecule has 1 aliphatic heterocycles. The fraction of sp³-hybridized carbons (Fsp3) is 0.615. The molecule has 0 N–H and O–H groups in total. The van der Waals surface area contributed by atoms with Crippen molar-refractivity contribution in [3.05, 3.63) is 22.4 Å². The molecule has 0 aromatic carbocycles. The highest BCUT2D eigenvalue weighted by Gasteiger charge is 2.30. The zero-order valence-electron chi connectivity index (χ0n) is 10.2. The maximum atomic E-state index is 12.1. The van der Waals surface area contributed by atoms with Crippen LogP contribution in [-0.4, -0.2) is 30.6 Å². The average Bonchev–Trinajstić information content (AvgIpc) is 2.85. The number of nitrogens with zero attached hydrogens (tertiary/aromatic N) is 1. The van der Waals surface area contributed by atoms with Crippen LogP contribution in [0, 0.1) is 0 Å². The molecule has 0 aliphatic carbocycles. The van der Waals surface area contributed by atoms with Crippen molar-refractivity contribution >= 4 is 17.3 Å². The van der Waals surface area contributed by atoms with Gasteiger partial charge in [0.1, 0.15) is 6.04 Å². The molecular weight excluding hydrogens is 234 g/mol. The number of carbonyl (C=O) groups is 1. The minimum Gasteiger partial charge on any atom is -0.465 e. The first kappa shape index (κ1) is 12.6. The van der Waals surface area contributed by atoms with E-state index in [1.165, 1.54) is 19.3 Å². The normalized spacial score (nSPS) is 18.9. The highest BCUT2D eigenvalue weighted by molar-refractivity contribution is 7.10. The molecule has 2 heterocycles. The van der Waals surface area contributed by atoms with E-state index in [4.69, 9.17) is 4.74 Å². The van der Waals surface area contributed by atoms with Gasteiger partial charge in [0.15, 0.2) is 0 Å². The van der Waals surface area contributed by atoms with Gasteiger partial charge < -0.3 is 4.74 Å². The summed E-state index contributed by atoms with van der Waals surface area (Å²) in [5, 5.41) is 2.02. The van der Waals surface area contributed by atoms with Crippen LogP contribution in [0.15, 0.2) is 17.5 Å². The van der Waals surface area contributed by atoms with Gasteiger partial charge in [-0.15, -0.1) is 11.3 Å². The Morgan fingerprint density at radius 3 is 2.82 bits per heavy atom. The number of esters is 1. The maximum Gasteiger partial charge on any atom is 0.328 e. The molecule has 0 radical (unpaired) electrons. The highest BCUT2D eigenvalue weighted by Crippen LogP contribution is 2.29. The summed E-state index contributed by atoms with van der Waals surface area (Å²) < 4.78 is 5.21. The highest BCUT2D eigenvalue weighted by atomic mass is 32.1. The molecule has 1 aromatic heterocycles. The van der Waals surface area contributed by atoms with Crippen molar-refractivity contribution in [3.8, 4) is 0 Å². The Morgan fingerprint density at radius 1 is 1.47 bits per heavy atom. The zero-order chi connectivity index (χ0) is 12.1. The largest absolute Gasteiger partial charge is 0.465 e. The van der Waals surface area contributed by atoms with Gasteiger partial charge in [0.25, 0.3) is 0 Å². The minimum absolute atomic E-state index is 0.100. The Morgan fingerprint density at radius 2 is 2.24 bits per heavy atom. The summed E-state index contributed by atoms with van der Waals surface area (Å²) in [6.07, 6.45) is 3.64. The van der Waals surface area contributed by atoms with E-state index in [0.29, 0.717) is 6.61 Å². The first-order valence-corrected chi connectivity index (χ1v) is 7.15. The van der Waals surface area contributed by atoms with Crippen LogP contribution < -0.4 is 0 Å². The lowest BCUT2D eigenvalue weighted by Crippen LogP contribution is -2.38. The van der Waals surface area contributed by atoms with Crippen LogP contribution in [0.25, 0.3) is 0 Å². The van der Waals surface area contributed by atoms with Crippen molar-refractivity contribution < 1.29 is 9.53 Å². The summed E-state index contributed by atoms with van der Waals surface area (Å²) in [6, 6.07) is 3.84. The summed E-state index contributed by atoms with van der Waals surface area (Å²) in [5.41, 5.74) is 0. The zero-order valence-corrected chi connectivity index (χ0v) is 11.0. The fourth-order valence-corrected chi connectivity index (χ4v) is 3.14. The SMILES string of the molecule is CCOC(=O)C(c1cccs1)N1CCCCC1. The van der Waals surface area contributed by atoms with Crippen molar-refractivity contribution in [1.29, 1.82) is 0 Å². The lowest BCUT2D eigenvalue weighted by Gasteiger charge is -2.32. The number of carbonyl (C=O) groups excluding carboxylic acids is 1. The van der Waals surface area contributed by atoms with E-state index < -0.39 is 0 Å². The number of ether oxygens (including phenoxy) is 1. The van der Waals surface area contributed by atoms with Gasteiger partial charge in [0.05, 0.1) is 6.61 Å². The van der Waals surface area contributed by atoms with E-state index in [1.54, 1.807) is 11.3 Å². The van der Waals surface area contributed by atoms with E-state index in [-0.39, 0.29) is 12.0 Å².